The zero-order chi connectivity index (χ0) is 24.1. The van der Waals surface area contributed by atoms with Gasteiger partial charge in [0, 0.05) is 24.4 Å². The lowest BCUT2D eigenvalue weighted by Gasteiger charge is -2.14. The van der Waals surface area contributed by atoms with Crippen molar-refractivity contribution in [3.8, 4) is 28.7 Å². The van der Waals surface area contributed by atoms with E-state index in [2.05, 4.69) is 5.32 Å². The molecule has 4 aromatic rings. The molecule has 2 aromatic heterocycles. The molecule has 8 heteroatoms. The molecule has 2 heterocycles. The molecule has 0 aliphatic heterocycles. The Morgan fingerprint density at radius 3 is 2.56 bits per heavy atom. The number of halogens is 1. The molecule has 0 fully saturated rings. The number of nitrogens with zero attached hydrogens (tertiary/aromatic N) is 1. The highest BCUT2D eigenvalue weighted by Gasteiger charge is 2.22. The van der Waals surface area contributed by atoms with E-state index in [1.54, 1.807) is 61.4 Å². The minimum absolute atomic E-state index is 0.194. The smallest absolute Gasteiger partial charge is 0.414 e. The van der Waals surface area contributed by atoms with Crippen LogP contribution in [-0.2, 0) is 13.1 Å². The Labute approximate surface area is 196 Å². The largest absolute Gasteiger partial charge is 0.497 e. The molecule has 4 rings (SSSR count). The van der Waals surface area contributed by atoms with Crippen molar-refractivity contribution in [2.24, 2.45) is 0 Å². The molecule has 0 aliphatic rings. The number of rotatable bonds is 8. The van der Waals surface area contributed by atoms with Gasteiger partial charge in [-0.05, 0) is 54.4 Å². The number of benzene rings is 2. The van der Waals surface area contributed by atoms with Crippen molar-refractivity contribution in [2.75, 3.05) is 14.2 Å². The molecule has 1 amide bonds. The summed E-state index contributed by atoms with van der Waals surface area (Å²) in [5.74, 6) is 1.84. The van der Waals surface area contributed by atoms with E-state index < -0.39 is 6.09 Å². The standard InChI is InChI=1S/C26H25FN2O5/c1-17-15-29(16-18-6-9-20(27)10-7-18)25(24(17)22-5-4-12-33-22)34-26(30)28-14-19-8-11-21(31-2)13-23(19)32-3/h4-13,15H,14,16H2,1-3H3,(H,28,30). The lowest BCUT2D eigenvalue weighted by Crippen LogP contribution is -2.27. The van der Waals surface area contributed by atoms with Gasteiger partial charge >= 0.3 is 6.09 Å². The Balaban J connectivity index is 1.57. The van der Waals surface area contributed by atoms with Crippen LogP contribution in [0.15, 0.2) is 71.5 Å². The molecule has 0 radical (unpaired) electrons. The Bertz CT molecular complexity index is 1260. The van der Waals surface area contributed by atoms with Crippen molar-refractivity contribution >= 4 is 6.09 Å². The van der Waals surface area contributed by atoms with Crippen LogP contribution >= 0.6 is 0 Å². The van der Waals surface area contributed by atoms with E-state index in [0.29, 0.717) is 35.2 Å². The molecule has 7 nitrogen and oxygen atoms in total. The lowest BCUT2D eigenvalue weighted by molar-refractivity contribution is 0.196. The highest BCUT2D eigenvalue weighted by atomic mass is 19.1. The first-order valence-electron chi connectivity index (χ1n) is 10.6. The first kappa shape index (κ1) is 23.0. The molecule has 0 unspecified atom stereocenters. The SMILES string of the molecule is COc1ccc(CNC(=O)Oc2c(-c3ccco3)c(C)cn2Cc2ccc(F)cc2)c(OC)c1. The molecular weight excluding hydrogens is 439 g/mol. The first-order valence-corrected chi connectivity index (χ1v) is 10.6. The summed E-state index contributed by atoms with van der Waals surface area (Å²) in [6.45, 7) is 2.49. The van der Waals surface area contributed by atoms with Gasteiger partial charge in [-0.1, -0.05) is 12.1 Å². The lowest BCUT2D eigenvalue weighted by atomic mass is 10.1. The van der Waals surface area contributed by atoms with Crippen LogP contribution in [0.2, 0.25) is 0 Å². The van der Waals surface area contributed by atoms with E-state index in [0.717, 1.165) is 16.7 Å². The molecule has 176 valence electrons. The minimum atomic E-state index is -0.635. The van der Waals surface area contributed by atoms with Gasteiger partial charge in [-0.25, -0.2) is 9.18 Å². The fourth-order valence-electron chi connectivity index (χ4n) is 3.69. The maximum Gasteiger partial charge on any atom is 0.414 e. The zero-order valence-corrected chi connectivity index (χ0v) is 19.1. The molecule has 0 spiro atoms. The van der Waals surface area contributed by atoms with Crippen LogP contribution in [0.1, 0.15) is 16.7 Å². The van der Waals surface area contributed by atoms with Crippen molar-refractivity contribution < 1.29 is 27.8 Å². The Morgan fingerprint density at radius 2 is 1.88 bits per heavy atom. The maximum absolute atomic E-state index is 13.3. The predicted octanol–water partition coefficient (Wildman–Crippen LogP) is 5.55. The molecule has 0 saturated carbocycles. The fraction of sp³-hybridized carbons (Fsp3) is 0.192. The third-order valence-electron chi connectivity index (χ3n) is 5.36. The molecular formula is C26H25FN2O5. The van der Waals surface area contributed by atoms with Crippen LogP contribution in [0.3, 0.4) is 0 Å². The monoisotopic (exact) mass is 464 g/mol. The summed E-state index contributed by atoms with van der Waals surface area (Å²) >= 11 is 0. The third kappa shape index (κ3) is 5.06. The number of furan rings is 1. The molecule has 0 atom stereocenters. The second kappa shape index (κ2) is 10.2. The summed E-state index contributed by atoms with van der Waals surface area (Å²) in [5, 5.41) is 2.76. The second-order valence-corrected chi connectivity index (χ2v) is 7.64. The van der Waals surface area contributed by atoms with Crippen LogP contribution in [-0.4, -0.2) is 24.9 Å². The van der Waals surface area contributed by atoms with Crippen molar-refractivity contribution in [3.05, 3.63) is 89.6 Å². The van der Waals surface area contributed by atoms with E-state index >= 15 is 0 Å². The van der Waals surface area contributed by atoms with Crippen LogP contribution in [0, 0.1) is 12.7 Å². The zero-order valence-electron chi connectivity index (χ0n) is 19.1. The summed E-state index contributed by atoms with van der Waals surface area (Å²) in [5.41, 5.74) is 3.17. The minimum Gasteiger partial charge on any atom is -0.497 e. The normalized spacial score (nSPS) is 10.7. The van der Waals surface area contributed by atoms with E-state index in [1.807, 2.05) is 19.2 Å². The number of carbonyl (C=O) groups is 1. The van der Waals surface area contributed by atoms with Gasteiger partial charge in [-0.15, -0.1) is 0 Å². The molecule has 0 aliphatic carbocycles. The number of ether oxygens (including phenoxy) is 3. The summed E-state index contributed by atoms with van der Waals surface area (Å²) in [7, 11) is 3.13. The number of methoxy groups -OCH3 is 2. The molecule has 34 heavy (non-hydrogen) atoms. The fourth-order valence-corrected chi connectivity index (χ4v) is 3.69. The van der Waals surface area contributed by atoms with Gasteiger partial charge in [0.15, 0.2) is 0 Å². The number of hydrogen-bond donors (Lipinski definition) is 1. The average molecular weight is 464 g/mol. The molecule has 0 bridgehead atoms. The van der Waals surface area contributed by atoms with Gasteiger partial charge in [0.1, 0.15) is 23.1 Å². The van der Waals surface area contributed by atoms with Crippen molar-refractivity contribution in [3.63, 3.8) is 0 Å². The van der Waals surface area contributed by atoms with Gasteiger partial charge in [-0.2, -0.15) is 0 Å². The van der Waals surface area contributed by atoms with Crippen LogP contribution in [0.5, 0.6) is 17.4 Å². The average Bonchev–Trinajstić information content (AvgIpc) is 3.47. The highest BCUT2D eigenvalue weighted by molar-refractivity contribution is 5.76. The van der Waals surface area contributed by atoms with E-state index in [4.69, 9.17) is 18.6 Å². The van der Waals surface area contributed by atoms with Crippen LogP contribution in [0.25, 0.3) is 11.3 Å². The predicted molar refractivity (Wildman–Crippen MR) is 125 cm³/mol. The third-order valence-corrected chi connectivity index (χ3v) is 5.36. The van der Waals surface area contributed by atoms with Crippen molar-refractivity contribution in [1.82, 2.24) is 9.88 Å². The van der Waals surface area contributed by atoms with Gasteiger partial charge in [-0.3, -0.25) is 0 Å². The van der Waals surface area contributed by atoms with Crippen molar-refractivity contribution in [1.29, 1.82) is 0 Å². The second-order valence-electron chi connectivity index (χ2n) is 7.64. The van der Waals surface area contributed by atoms with E-state index in [9.17, 15) is 9.18 Å². The Morgan fingerprint density at radius 1 is 1.09 bits per heavy atom. The number of aromatic nitrogens is 1. The molecule has 2 aromatic carbocycles. The Hall–Kier alpha value is -4.20. The summed E-state index contributed by atoms with van der Waals surface area (Å²) in [6, 6.07) is 15.1. The summed E-state index contributed by atoms with van der Waals surface area (Å²) < 4.78 is 37.1. The quantitative estimate of drug-likeness (QED) is 0.370. The van der Waals surface area contributed by atoms with Gasteiger partial charge in [0.05, 0.1) is 32.6 Å². The maximum atomic E-state index is 13.3. The van der Waals surface area contributed by atoms with Crippen molar-refractivity contribution in [2.45, 2.75) is 20.0 Å². The topological polar surface area (TPSA) is 74.9 Å². The number of hydrogen-bond acceptors (Lipinski definition) is 5. The summed E-state index contributed by atoms with van der Waals surface area (Å²) in [6.07, 6.45) is 2.80. The molecule has 1 N–H and O–H groups in total. The first-order chi connectivity index (χ1) is 16.5. The molecule has 0 saturated heterocycles. The van der Waals surface area contributed by atoms with Gasteiger partial charge in [0.2, 0.25) is 5.88 Å². The van der Waals surface area contributed by atoms with Crippen LogP contribution < -0.4 is 19.5 Å². The van der Waals surface area contributed by atoms with E-state index in [-0.39, 0.29) is 12.4 Å². The summed E-state index contributed by atoms with van der Waals surface area (Å²) in [4.78, 5) is 12.8. The van der Waals surface area contributed by atoms with Gasteiger partial charge < -0.3 is 28.5 Å². The Kier molecular flexibility index (Phi) is 6.87. The van der Waals surface area contributed by atoms with E-state index in [1.165, 1.54) is 12.1 Å². The number of nitrogens with one attached hydrogen (secondary N) is 1. The number of carbonyl (C=O) groups excluding carboxylic acids is 1. The highest BCUT2D eigenvalue weighted by Crippen LogP contribution is 2.36. The number of amides is 1. The van der Waals surface area contributed by atoms with Gasteiger partial charge in [0.25, 0.3) is 0 Å². The van der Waals surface area contributed by atoms with Crippen LogP contribution in [0.4, 0.5) is 9.18 Å². The number of aryl methyl sites for hydroxylation is 1.